The Morgan fingerprint density at radius 2 is 2.10 bits per heavy atom. The molecule has 0 unspecified atom stereocenters. The van der Waals surface area contributed by atoms with Crippen LogP contribution in [0.1, 0.15) is 49.8 Å². The van der Waals surface area contributed by atoms with E-state index in [2.05, 4.69) is 43.0 Å². The molecule has 0 N–H and O–H groups in total. The van der Waals surface area contributed by atoms with Gasteiger partial charge in [0.15, 0.2) is 0 Å². The summed E-state index contributed by atoms with van der Waals surface area (Å²) < 4.78 is 17.7. The van der Waals surface area contributed by atoms with Crippen molar-refractivity contribution in [1.82, 2.24) is 4.90 Å². The quantitative estimate of drug-likeness (QED) is 0.659. The van der Waals surface area contributed by atoms with Gasteiger partial charge in [0, 0.05) is 24.2 Å². The van der Waals surface area contributed by atoms with Crippen LogP contribution < -0.4 is 0 Å². The minimum Gasteiger partial charge on any atom is -0.491 e. The number of benzene rings is 1. The monoisotopic (exact) mass is 409 g/mol. The van der Waals surface area contributed by atoms with E-state index in [4.69, 9.17) is 14.2 Å². The third-order valence-corrected chi connectivity index (χ3v) is 6.72. The van der Waals surface area contributed by atoms with E-state index in [0.717, 1.165) is 31.2 Å². The smallest absolute Gasteiger partial charge is 0.122 e. The Hall–Kier alpha value is -1.78. The van der Waals surface area contributed by atoms with Gasteiger partial charge in [-0.15, -0.1) is 0 Å². The molecule has 1 atom stereocenters. The number of rotatable bonds is 7. The molecule has 5 rings (SSSR count). The van der Waals surface area contributed by atoms with E-state index in [1.807, 2.05) is 0 Å². The third-order valence-electron chi connectivity index (χ3n) is 6.72. The van der Waals surface area contributed by atoms with Gasteiger partial charge in [-0.2, -0.15) is 0 Å². The van der Waals surface area contributed by atoms with Crippen molar-refractivity contribution in [3.63, 3.8) is 0 Å². The maximum absolute atomic E-state index is 6.36. The highest BCUT2D eigenvalue weighted by atomic mass is 16.6. The van der Waals surface area contributed by atoms with Gasteiger partial charge in [0.2, 0.25) is 0 Å². The average molecular weight is 410 g/mol. The van der Waals surface area contributed by atoms with Crippen molar-refractivity contribution in [3.05, 3.63) is 52.3 Å². The summed E-state index contributed by atoms with van der Waals surface area (Å²) in [4.78, 5) is 2.57. The second kappa shape index (κ2) is 8.76. The predicted molar refractivity (Wildman–Crippen MR) is 119 cm³/mol. The van der Waals surface area contributed by atoms with E-state index in [9.17, 15) is 0 Å². The van der Waals surface area contributed by atoms with Gasteiger partial charge in [-0.3, -0.25) is 0 Å². The minimum atomic E-state index is 0.0466. The van der Waals surface area contributed by atoms with Gasteiger partial charge in [-0.05, 0) is 61.1 Å². The van der Waals surface area contributed by atoms with Crippen LogP contribution in [0.2, 0.25) is 0 Å². The van der Waals surface area contributed by atoms with Gasteiger partial charge in [0.25, 0.3) is 0 Å². The summed E-state index contributed by atoms with van der Waals surface area (Å²) in [6.45, 7) is 9.25. The number of hydrogen-bond acceptors (Lipinski definition) is 4. The summed E-state index contributed by atoms with van der Waals surface area (Å²) in [7, 11) is 0. The van der Waals surface area contributed by atoms with E-state index in [1.54, 1.807) is 0 Å². The van der Waals surface area contributed by atoms with Crippen LogP contribution in [-0.2, 0) is 27.1 Å². The average Bonchev–Trinajstić information content (AvgIpc) is 3.61. The number of ether oxygens (including phenoxy) is 3. The lowest BCUT2D eigenvalue weighted by Crippen LogP contribution is -2.35. The molecule has 1 saturated carbocycles. The van der Waals surface area contributed by atoms with E-state index >= 15 is 0 Å². The molecule has 3 aliphatic heterocycles. The molecular weight excluding hydrogens is 374 g/mol. The highest BCUT2D eigenvalue weighted by Crippen LogP contribution is 2.48. The molecule has 2 fully saturated rings. The second-order valence-corrected chi connectivity index (χ2v) is 9.60. The number of fused-ring (bicyclic) bond motifs is 3. The Morgan fingerprint density at radius 1 is 1.20 bits per heavy atom. The van der Waals surface area contributed by atoms with Crippen LogP contribution in [0, 0.1) is 11.8 Å². The maximum Gasteiger partial charge on any atom is 0.122 e. The fourth-order valence-electron chi connectivity index (χ4n) is 4.87. The first-order chi connectivity index (χ1) is 14.7. The van der Waals surface area contributed by atoms with Crippen molar-refractivity contribution in [3.8, 4) is 0 Å². The van der Waals surface area contributed by atoms with Crippen LogP contribution in [0.5, 0.6) is 0 Å². The highest BCUT2D eigenvalue weighted by Gasteiger charge is 2.38. The van der Waals surface area contributed by atoms with Crippen molar-refractivity contribution in [1.29, 1.82) is 0 Å². The highest BCUT2D eigenvalue weighted by molar-refractivity contribution is 5.76. The van der Waals surface area contributed by atoms with E-state index < -0.39 is 0 Å². The maximum atomic E-state index is 6.36. The van der Waals surface area contributed by atoms with Gasteiger partial charge in [0.1, 0.15) is 18.5 Å². The van der Waals surface area contributed by atoms with Crippen LogP contribution in [0.3, 0.4) is 0 Å². The van der Waals surface area contributed by atoms with Crippen molar-refractivity contribution in [2.75, 3.05) is 39.5 Å². The van der Waals surface area contributed by atoms with Crippen LogP contribution in [0.4, 0.5) is 0 Å². The molecule has 4 aliphatic rings. The largest absolute Gasteiger partial charge is 0.491 e. The van der Waals surface area contributed by atoms with Crippen molar-refractivity contribution < 1.29 is 14.2 Å². The summed E-state index contributed by atoms with van der Waals surface area (Å²) in [6.07, 6.45) is 8.48. The zero-order chi connectivity index (χ0) is 20.5. The lowest BCUT2D eigenvalue weighted by molar-refractivity contribution is -0.108. The van der Waals surface area contributed by atoms with Crippen LogP contribution in [0.15, 0.2) is 35.6 Å². The lowest BCUT2D eigenvalue weighted by Gasteiger charge is -2.38. The molecule has 1 saturated heterocycles. The molecule has 162 valence electrons. The zero-order valence-corrected chi connectivity index (χ0v) is 18.5. The van der Waals surface area contributed by atoms with Crippen LogP contribution in [0.25, 0.3) is 5.70 Å². The van der Waals surface area contributed by atoms with Gasteiger partial charge >= 0.3 is 0 Å². The molecule has 3 heterocycles. The van der Waals surface area contributed by atoms with Gasteiger partial charge in [-0.25, -0.2) is 0 Å². The fourth-order valence-corrected chi connectivity index (χ4v) is 4.87. The lowest BCUT2D eigenvalue weighted by atomic mass is 9.87. The van der Waals surface area contributed by atoms with Gasteiger partial charge in [0.05, 0.1) is 25.5 Å². The number of allylic oxidation sites excluding steroid dienone is 1. The number of nitrogens with zero attached hydrogens (tertiary/aromatic N) is 1. The Kier molecular flexibility index (Phi) is 5.88. The van der Waals surface area contributed by atoms with Crippen molar-refractivity contribution >= 4 is 5.70 Å². The van der Waals surface area contributed by atoms with Gasteiger partial charge < -0.3 is 19.1 Å². The SMILES string of the molecule is CC(C)CCc1ccc2c(c1)CCN1CC=C(OC[C@@H]3COCCO3)C(C3CC3)=C21. The first-order valence-corrected chi connectivity index (χ1v) is 11.8. The Balaban J connectivity index is 1.41. The zero-order valence-electron chi connectivity index (χ0n) is 18.5. The summed E-state index contributed by atoms with van der Waals surface area (Å²) >= 11 is 0. The summed E-state index contributed by atoms with van der Waals surface area (Å²) in [5, 5.41) is 0. The summed E-state index contributed by atoms with van der Waals surface area (Å²) in [5.41, 5.74) is 7.32. The van der Waals surface area contributed by atoms with Crippen molar-refractivity contribution in [2.45, 2.75) is 52.1 Å². The third kappa shape index (κ3) is 4.31. The molecule has 4 heteroatoms. The summed E-state index contributed by atoms with van der Waals surface area (Å²) in [5.74, 6) is 2.49. The molecule has 1 aliphatic carbocycles. The molecule has 0 spiro atoms. The molecule has 0 radical (unpaired) electrons. The minimum absolute atomic E-state index is 0.0466. The number of hydrogen-bond donors (Lipinski definition) is 0. The first-order valence-electron chi connectivity index (χ1n) is 11.8. The standard InChI is InChI=1S/C26H35NO3/c1-18(2)3-4-19-5-8-23-21(15-19)9-11-27-12-10-24(25(26(23)27)20-6-7-20)30-17-22-16-28-13-14-29-22/h5,8,10,15,18,20,22H,3-4,6-7,9,11-14,16-17H2,1-2H3/t22-/m0/s1. The molecular formula is C26H35NO3. The molecule has 4 nitrogen and oxygen atoms in total. The molecule has 0 aromatic heterocycles. The van der Waals surface area contributed by atoms with Crippen LogP contribution in [-0.4, -0.2) is 50.5 Å². The molecule has 1 aromatic rings. The Bertz CT molecular complexity index is 831. The summed E-state index contributed by atoms with van der Waals surface area (Å²) in [6, 6.07) is 7.21. The van der Waals surface area contributed by atoms with E-state index in [-0.39, 0.29) is 6.10 Å². The van der Waals surface area contributed by atoms with Gasteiger partial charge in [-0.1, -0.05) is 32.0 Å². The topological polar surface area (TPSA) is 30.9 Å². The van der Waals surface area contributed by atoms with E-state index in [1.165, 1.54) is 53.6 Å². The molecule has 0 bridgehead atoms. The molecule has 1 aromatic carbocycles. The predicted octanol–water partition coefficient (Wildman–Crippen LogP) is 4.58. The normalized spacial score (nSPS) is 23.9. The van der Waals surface area contributed by atoms with Crippen LogP contribution >= 0.6 is 0 Å². The molecule has 0 amide bonds. The Morgan fingerprint density at radius 3 is 2.87 bits per heavy atom. The second-order valence-electron chi connectivity index (χ2n) is 9.60. The fraction of sp³-hybridized carbons (Fsp3) is 0.615. The molecule has 30 heavy (non-hydrogen) atoms. The number of aryl methyl sites for hydroxylation is 1. The Labute approximate surface area is 180 Å². The first kappa shape index (κ1) is 20.1. The van der Waals surface area contributed by atoms with E-state index in [0.29, 0.717) is 32.3 Å². The van der Waals surface area contributed by atoms with Crippen molar-refractivity contribution in [2.24, 2.45) is 11.8 Å².